The van der Waals surface area contributed by atoms with E-state index < -0.39 is 16.1 Å². The number of carbonyl (C=O) groups excluding carboxylic acids is 1. The highest BCUT2D eigenvalue weighted by Crippen LogP contribution is 2.45. The molecule has 0 saturated carbocycles. The Morgan fingerprint density at radius 1 is 0.452 bits per heavy atom. The first-order valence-corrected chi connectivity index (χ1v) is 27.2. The van der Waals surface area contributed by atoms with Gasteiger partial charge in [-0.15, -0.1) is 11.1 Å². The molecular weight excluding hydrogens is 785 g/mol. The summed E-state index contributed by atoms with van der Waals surface area (Å²) in [6.45, 7) is 28.6. The SMILES string of the molecule is COc1cc2cc3c(C#C[Si](C(C)C)(C(C)C)C(C)C)c4cc5cc(-c6ccccc6)c(C=O)cc5cc4c(C#C[Si](C(C)C)(C(C)C)C(C)C)c3cc2cc1-c1ccccc1. The van der Waals surface area contributed by atoms with Crippen LogP contribution in [-0.2, 0) is 0 Å². The summed E-state index contributed by atoms with van der Waals surface area (Å²) in [4.78, 5) is 12.8. The van der Waals surface area contributed by atoms with Gasteiger partial charge in [-0.05, 0) is 142 Å². The van der Waals surface area contributed by atoms with Crippen molar-refractivity contribution < 1.29 is 9.53 Å². The third-order valence-corrected chi connectivity index (χ3v) is 26.9. The van der Waals surface area contributed by atoms with Crippen molar-refractivity contribution in [3.05, 3.63) is 126 Å². The highest BCUT2D eigenvalue weighted by molar-refractivity contribution is 6.91. The summed E-state index contributed by atoms with van der Waals surface area (Å²) in [6.07, 6.45) is 0.997. The molecule has 2 nitrogen and oxygen atoms in total. The summed E-state index contributed by atoms with van der Waals surface area (Å²) < 4.78 is 6.11. The van der Waals surface area contributed by atoms with Gasteiger partial charge in [0.2, 0.25) is 0 Å². The Morgan fingerprint density at radius 3 is 1.15 bits per heavy atom. The molecule has 0 atom stereocenters. The van der Waals surface area contributed by atoms with Crippen LogP contribution in [0.4, 0.5) is 0 Å². The lowest BCUT2D eigenvalue weighted by atomic mass is 9.87. The van der Waals surface area contributed by atoms with E-state index in [1.165, 1.54) is 0 Å². The Hall–Kier alpha value is -5.40. The summed E-state index contributed by atoms with van der Waals surface area (Å²) >= 11 is 0. The molecule has 0 fully saturated rings. The van der Waals surface area contributed by atoms with Crippen molar-refractivity contribution in [3.63, 3.8) is 0 Å². The predicted octanol–water partition coefficient (Wildman–Crippen LogP) is 16.6. The molecule has 7 aromatic rings. The molecule has 0 bridgehead atoms. The minimum Gasteiger partial charge on any atom is -0.496 e. The van der Waals surface area contributed by atoms with Gasteiger partial charge in [-0.1, -0.05) is 156 Å². The number of ether oxygens (including phenoxy) is 1. The quantitative estimate of drug-likeness (QED) is 0.0593. The fourth-order valence-corrected chi connectivity index (χ4v) is 21.7. The fourth-order valence-electron chi connectivity index (χ4n) is 11.3. The first kappa shape index (κ1) is 44.7. The number of methoxy groups -OCH3 is 1. The monoisotopic (exact) mass is 848 g/mol. The van der Waals surface area contributed by atoms with Crippen LogP contribution in [-0.4, -0.2) is 29.5 Å². The maximum absolute atomic E-state index is 12.8. The molecule has 0 unspecified atom stereocenters. The van der Waals surface area contributed by atoms with Gasteiger partial charge in [0.05, 0.1) is 7.11 Å². The van der Waals surface area contributed by atoms with Crippen LogP contribution in [0.15, 0.2) is 109 Å². The molecule has 0 N–H and O–H groups in total. The van der Waals surface area contributed by atoms with Crippen LogP contribution in [0.2, 0.25) is 33.2 Å². The molecule has 0 aliphatic carbocycles. The highest BCUT2D eigenvalue weighted by atomic mass is 28.3. The lowest BCUT2D eigenvalue weighted by Crippen LogP contribution is -2.43. The third kappa shape index (κ3) is 7.72. The van der Waals surface area contributed by atoms with E-state index in [1.807, 2.05) is 18.2 Å². The first-order chi connectivity index (χ1) is 29.6. The zero-order valence-electron chi connectivity index (χ0n) is 39.3. The topological polar surface area (TPSA) is 26.3 Å². The van der Waals surface area contributed by atoms with Crippen molar-refractivity contribution in [1.29, 1.82) is 0 Å². The van der Waals surface area contributed by atoms with E-state index in [1.54, 1.807) is 7.11 Å². The number of hydrogen-bond donors (Lipinski definition) is 0. The van der Waals surface area contributed by atoms with Gasteiger partial charge in [-0.2, -0.15) is 0 Å². The maximum Gasteiger partial charge on any atom is 0.150 e. The van der Waals surface area contributed by atoms with E-state index in [0.29, 0.717) is 38.8 Å². The molecule has 0 aromatic heterocycles. The molecule has 0 aliphatic rings. The lowest BCUT2D eigenvalue weighted by molar-refractivity contribution is 0.112. The van der Waals surface area contributed by atoms with E-state index >= 15 is 0 Å². The van der Waals surface area contributed by atoms with E-state index in [0.717, 1.165) is 88.5 Å². The number of carbonyl (C=O) groups is 1. The zero-order valence-corrected chi connectivity index (χ0v) is 41.3. The van der Waals surface area contributed by atoms with Gasteiger partial charge in [0, 0.05) is 22.3 Å². The van der Waals surface area contributed by atoms with Crippen molar-refractivity contribution in [2.45, 2.75) is 116 Å². The summed E-state index contributed by atoms with van der Waals surface area (Å²) in [5.41, 5.74) is 18.1. The Kier molecular flexibility index (Phi) is 12.8. The zero-order chi connectivity index (χ0) is 44.7. The second-order valence-corrected chi connectivity index (χ2v) is 30.5. The fraction of sp³-hybridized carbons (Fsp3) is 0.328. The van der Waals surface area contributed by atoms with Crippen molar-refractivity contribution in [1.82, 2.24) is 0 Å². The molecule has 0 radical (unpaired) electrons. The number of aldehydes is 1. The number of fused-ring (bicyclic) bond motifs is 4. The van der Waals surface area contributed by atoms with Crippen LogP contribution in [0.25, 0.3) is 65.3 Å². The Morgan fingerprint density at radius 2 is 0.790 bits per heavy atom. The maximum atomic E-state index is 12.8. The summed E-state index contributed by atoms with van der Waals surface area (Å²) in [7, 11) is -2.54. The normalized spacial score (nSPS) is 12.3. The largest absolute Gasteiger partial charge is 0.496 e. The second kappa shape index (κ2) is 17.8. The van der Waals surface area contributed by atoms with Gasteiger partial charge in [0.25, 0.3) is 0 Å². The van der Waals surface area contributed by atoms with E-state index in [4.69, 9.17) is 4.74 Å². The predicted molar refractivity (Wildman–Crippen MR) is 275 cm³/mol. The molecule has 7 aromatic carbocycles. The van der Waals surface area contributed by atoms with Crippen LogP contribution < -0.4 is 4.74 Å². The molecule has 316 valence electrons. The minimum absolute atomic E-state index is 0.480. The second-order valence-electron chi connectivity index (χ2n) is 19.4. The Labute approximate surface area is 373 Å². The van der Waals surface area contributed by atoms with Gasteiger partial charge in [-0.25, -0.2) is 0 Å². The van der Waals surface area contributed by atoms with Gasteiger partial charge >= 0.3 is 0 Å². The average molecular weight is 849 g/mol. The van der Waals surface area contributed by atoms with Gasteiger partial charge in [-0.3, -0.25) is 4.79 Å². The van der Waals surface area contributed by atoms with Crippen LogP contribution in [0.1, 0.15) is 105 Å². The number of hydrogen-bond acceptors (Lipinski definition) is 2. The summed E-state index contributed by atoms with van der Waals surface area (Å²) in [6, 6.07) is 38.8. The number of rotatable bonds is 10. The molecule has 0 amide bonds. The van der Waals surface area contributed by atoms with Crippen LogP contribution in [0, 0.1) is 22.9 Å². The van der Waals surface area contributed by atoms with Crippen molar-refractivity contribution in [2.24, 2.45) is 0 Å². The summed E-state index contributed by atoms with van der Waals surface area (Å²) in [5.74, 6) is 8.87. The van der Waals surface area contributed by atoms with E-state index in [-0.39, 0.29) is 0 Å². The Balaban J connectivity index is 1.73. The molecule has 0 spiro atoms. The molecule has 0 aliphatic heterocycles. The molecule has 0 heterocycles. The average Bonchev–Trinajstić information content (AvgIpc) is 3.24. The van der Waals surface area contributed by atoms with Gasteiger partial charge in [0.15, 0.2) is 6.29 Å². The van der Waals surface area contributed by atoms with Crippen molar-refractivity contribution in [2.75, 3.05) is 7.11 Å². The molecular formula is C58H64O2Si2. The highest BCUT2D eigenvalue weighted by Gasteiger charge is 2.43. The van der Waals surface area contributed by atoms with E-state index in [2.05, 4.69) is 197 Å². The third-order valence-electron chi connectivity index (χ3n) is 14.4. The molecule has 7 rings (SSSR count). The standard InChI is InChI=1S/C58H64O2Si2/c1-37(2)61(38(3)4,39(5)6)26-24-50-54-31-45-28-49(36-59)52(43-20-16-14-17-21-43)29-46(45)32-55(54)51(25-27-62(40(7)8,41(9)10)42(11)12)57-34-48-35-58(60-13)53(30-47(48)33-56(50)57)44-22-18-15-19-23-44/h14-23,28-42H,1-13H3. The van der Waals surface area contributed by atoms with Crippen molar-refractivity contribution >= 4 is 65.5 Å². The first-order valence-electron chi connectivity index (χ1n) is 22.7. The molecule has 0 saturated heterocycles. The van der Waals surface area contributed by atoms with Gasteiger partial charge < -0.3 is 4.74 Å². The van der Waals surface area contributed by atoms with E-state index in [9.17, 15) is 4.79 Å². The van der Waals surface area contributed by atoms with Crippen LogP contribution in [0.3, 0.4) is 0 Å². The van der Waals surface area contributed by atoms with Crippen LogP contribution in [0.5, 0.6) is 5.75 Å². The Bertz CT molecular complexity index is 2890. The summed E-state index contributed by atoms with van der Waals surface area (Å²) in [5, 5.41) is 8.77. The van der Waals surface area contributed by atoms with Gasteiger partial charge in [0.1, 0.15) is 21.9 Å². The van der Waals surface area contributed by atoms with Crippen molar-refractivity contribution in [3.8, 4) is 50.9 Å². The lowest BCUT2D eigenvalue weighted by Gasteiger charge is -2.38. The minimum atomic E-state index is -2.16. The smallest absolute Gasteiger partial charge is 0.150 e. The van der Waals surface area contributed by atoms with Crippen LogP contribution >= 0.6 is 0 Å². The molecule has 4 heteroatoms. The molecule has 62 heavy (non-hydrogen) atoms. The number of benzene rings is 7.